The molecular formula is C31H43N3O2. The summed E-state index contributed by atoms with van der Waals surface area (Å²) in [7, 11) is 3.73. The van der Waals surface area contributed by atoms with Crippen molar-refractivity contribution in [3.63, 3.8) is 0 Å². The lowest BCUT2D eigenvalue weighted by atomic mass is 9.97. The van der Waals surface area contributed by atoms with Gasteiger partial charge in [0, 0.05) is 43.7 Å². The van der Waals surface area contributed by atoms with Crippen molar-refractivity contribution in [1.29, 1.82) is 0 Å². The van der Waals surface area contributed by atoms with Crippen molar-refractivity contribution >= 4 is 5.57 Å². The second-order valence-corrected chi connectivity index (χ2v) is 9.53. The molecule has 0 radical (unpaired) electrons. The zero-order valence-electron chi connectivity index (χ0n) is 23.2. The van der Waals surface area contributed by atoms with Crippen LogP contribution in [0.1, 0.15) is 70.1 Å². The van der Waals surface area contributed by atoms with Gasteiger partial charge in [0.2, 0.25) is 0 Å². The average molecular weight is 490 g/mol. The van der Waals surface area contributed by atoms with Gasteiger partial charge in [0.1, 0.15) is 11.5 Å². The Morgan fingerprint density at radius 1 is 1.08 bits per heavy atom. The fourth-order valence-electron chi connectivity index (χ4n) is 3.69. The largest absolute Gasteiger partial charge is 0.508 e. The maximum atomic E-state index is 9.80. The van der Waals surface area contributed by atoms with E-state index in [9.17, 15) is 5.11 Å². The second-order valence-electron chi connectivity index (χ2n) is 9.53. The summed E-state index contributed by atoms with van der Waals surface area (Å²) < 4.78 is 7.37. The number of aryl methyl sites for hydroxylation is 1. The van der Waals surface area contributed by atoms with E-state index >= 15 is 0 Å². The molecular weight excluding hydrogens is 446 g/mol. The summed E-state index contributed by atoms with van der Waals surface area (Å²) in [6, 6.07) is 12.1. The van der Waals surface area contributed by atoms with Gasteiger partial charge in [-0.15, -0.1) is 0 Å². The van der Waals surface area contributed by atoms with Gasteiger partial charge in [-0.2, -0.15) is 5.10 Å². The number of benzene rings is 2. The molecule has 0 atom stereocenters. The highest BCUT2D eigenvalue weighted by Gasteiger charge is 2.11. The molecule has 5 heteroatoms. The minimum absolute atomic E-state index is 0.308. The topological polar surface area (TPSA) is 50.5 Å². The van der Waals surface area contributed by atoms with Gasteiger partial charge in [0.05, 0.1) is 13.3 Å². The van der Waals surface area contributed by atoms with Gasteiger partial charge < -0.3 is 14.7 Å². The first-order chi connectivity index (χ1) is 17.1. The number of methoxy groups -OCH3 is 1. The minimum Gasteiger partial charge on any atom is -0.508 e. The Hall–Kier alpha value is -3.47. The van der Waals surface area contributed by atoms with Gasteiger partial charge in [-0.05, 0) is 72.2 Å². The fraction of sp³-hybridized carbons (Fsp3) is 0.387. The number of nitrogens with zero attached hydrogens (tertiary/aromatic N) is 3. The van der Waals surface area contributed by atoms with Crippen LogP contribution < -0.4 is 4.74 Å². The molecule has 0 aliphatic rings. The van der Waals surface area contributed by atoms with Gasteiger partial charge in [-0.3, -0.25) is 4.68 Å². The Morgan fingerprint density at radius 2 is 1.78 bits per heavy atom. The molecule has 0 saturated carbocycles. The summed E-state index contributed by atoms with van der Waals surface area (Å²) in [6.45, 7) is 18.5. The van der Waals surface area contributed by atoms with Gasteiger partial charge in [0.15, 0.2) is 0 Å². The molecule has 0 aliphatic carbocycles. The summed E-state index contributed by atoms with van der Waals surface area (Å²) in [4.78, 5) is 2.09. The van der Waals surface area contributed by atoms with E-state index < -0.39 is 0 Å². The lowest BCUT2D eigenvalue weighted by Crippen LogP contribution is -2.09. The van der Waals surface area contributed by atoms with E-state index in [2.05, 4.69) is 82.5 Å². The van der Waals surface area contributed by atoms with Crippen LogP contribution >= 0.6 is 0 Å². The van der Waals surface area contributed by atoms with Gasteiger partial charge in [0.25, 0.3) is 0 Å². The Balaban J connectivity index is 0.000000254. The number of allylic oxidation sites excluding steroid dienone is 2. The molecule has 36 heavy (non-hydrogen) atoms. The summed E-state index contributed by atoms with van der Waals surface area (Å²) in [5.41, 5.74) is 6.71. The van der Waals surface area contributed by atoms with Crippen LogP contribution in [0.5, 0.6) is 11.5 Å². The second kappa shape index (κ2) is 13.6. The van der Waals surface area contributed by atoms with Crippen LogP contribution in [0, 0.1) is 0 Å². The summed E-state index contributed by atoms with van der Waals surface area (Å²) in [5, 5.41) is 14.1. The molecule has 1 aromatic heterocycles. The zero-order valence-corrected chi connectivity index (χ0v) is 23.2. The first-order valence-electron chi connectivity index (χ1n) is 12.7. The van der Waals surface area contributed by atoms with Crippen LogP contribution in [0.15, 0.2) is 67.6 Å². The van der Waals surface area contributed by atoms with E-state index in [-0.39, 0.29) is 0 Å². The van der Waals surface area contributed by atoms with E-state index in [0.717, 1.165) is 46.7 Å². The maximum absolute atomic E-state index is 9.80. The predicted molar refractivity (Wildman–Crippen MR) is 153 cm³/mol. The fourth-order valence-corrected chi connectivity index (χ4v) is 3.69. The summed E-state index contributed by atoms with van der Waals surface area (Å²) in [5.74, 6) is 2.11. The molecule has 0 amide bonds. The summed E-state index contributed by atoms with van der Waals surface area (Å²) >= 11 is 0. The van der Waals surface area contributed by atoms with Crippen molar-refractivity contribution in [3.8, 4) is 22.6 Å². The average Bonchev–Trinajstić information content (AvgIpc) is 3.35. The molecule has 2 aromatic carbocycles. The molecule has 0 bridgehead atoms. The van der Waals surface area contributed by atoms with Gasteiger partial charge in [-0.25, -0.2) is 0 Å². The van der Waals surface area contributed by atoms with Crippen molar-refractivity contribution in [2.45, 2.75) is 59.9 Å². The van der Waals surface area contributed by atoms with Crippen LogP contribution in [0.2, 0.25) is 0 Å². The zero-order chi connectivity index (χ0) is 26.8. The van der Waals surface area contributed by atoms with Crippen molar-refractivity contribution in [2.75, 3.05) is 20.7 Å². The Kier molecular flexibility index (Phi) is 10.8. The highest BCUT2D eigenvalue weighted by atomic mass is 16.5. The molecule has 1 heterocycles. The number of rotatable bonds is 9. The number of phenolic OH excluding ortho intramolecular Hbond substituents is 1. The van der Waals surface area contributed by atoms with Crippen LogP contribution in [-0.2, 0) is 6.54 Å². The normalized spacial score (nSPS) is 11.3. The number of phenols is 1. The lowest BCUT2D eigenvalue weighted by molar-refractivity contribution is 0.416. The molecule has 0 spiro atoms. The van der Waals surface area contributed by atoms with Crippen LogP contribution in [0.25, 0.3) is 16.7 Å². The molecule has 0 saturated heterocycles. The van der Waals surface area contributed by atoms with Crippen molar-refractivity contribution in [3.05, 3.63) is 84.3 Å². The third-order valence-corrected chi connectivity index (χ3v) is 6.18. The lowest BCUT2D eigenvalue weighted by Gasteiger charge is -2.15. The molecule has 5 nitrogen and oxygen atoms in total. The number of ether oxygens (including phenoxy) is 1. The molecule has 0 fully saturated rings. The van der Waals surface area contributed by atoms with Crippen LogP contribution in [-0.4, -0.2) is 40.5 Å². The quantitative estimate of drug-likeness (QED) is 0.313. The highest BCUT2D eigenvalue weighted by Crippen LogP contribution is 2.32. The Labute approximate surface area is 217 Å². The van der Waals surface area contributed by atoms with E-state index in [4.69, 9.17) is 4.74 Å². The summed E-state index contributed by atoms with van der Waals surface area (Å²) in [6.07, 6.45) is 7.82. The van der Waals surface area contributed by atoms with Crippen LogP contribution in [0.4, 0.5) is 0 Å². The number of aromatic nitrogens is 2. The van der Waals surface area contributed by atoms with Crippen molar-refractivity contribution < 1.29 is 9.84 Å². The molecule has 194 valence electrons. The maximum Gasteiger partial charge on any atom is 0.126 e. The van der Waals surface area contributed by atoms with Gasteiger partial charge >= 0.3 is 0 Å². The Morgan fingerprint density at radius 3 is 2.31 bits per heavy atom. The van der Waals surface area contributed by atoms with E-state index in [0.29, 0.717) is 17.6 Å². The number of hydrogen-bond donors (Lipinski definition) is 1. The Bertz CT molecular complexity index is 1160. The molecule has 3 aromatic rings. The predicted octanol–water partition coefficient (Wildman–Crippen LogP) is 7.70. The standard InChI is InChI=1S/C16H23NO.C15H20N2O/c1-6-13(11-17(5)7-2)15-8-14(12(3)4)9-16(18)10-15;1-5-17-10-13(9-16-17)14-8-12(11(2)3)6-7-15(14)18-4/h6,8-12,18H,1,7H2,2-5H3;6-11H,5H2,1-4H3/b13-11+;. The molecule has 1 N–H and O–H groups in total. The van der Waals surface area contributed by atoms with Crippen LogP contribution in [0.3, 0.4) is 0 Å². The van der Waals surface area contributed by atoms with Gasteiger partial charge in [-0.1, -0.05) is 52.5 Å². The number of aromatic hydroxyl groups is 1. The first kappa shape index (κ1) is 28.8. The third-order valence-electron chi connectivity index (χ3n) is 6.18. The van der Waals surface area contributed by atoms with E-state index in [1.165, 1.54) is 5.56 Å². The third kappa shape index (κ3) is 7.77. The minimum atomic E-state index is 0.308. The smallest absolute Gasteiger partial charge is 0.126 e. The van der Waals surface area contributed by atoms with Crippen molar-refractivity contribution in [2.24, 2.45) is 0 Å². The first-order valence-corrected chi connectivity index (χ1v) is 12.7. The highest BCUT2D eigenvalue weighted by molar-refractivity contribution is 5.74. The monoisotopic (exact) mass is 489 g/mol. The molecule has 3 rings (SSSR count). The SMILES string of the molecule is C=C/C(=C\N(C)CC)c1cc(O)cc(C(C)C)c1.CCn1cc(-c2cc(C(C)C)ccc2OC)cn1. The molecule has 0 unspecified atom stereocenters. The molecule has 0 aliphatic heterocycles. The number of hydrogen-bond acceptors (Lipinski definition) is 4. The van der Waals surface area contributed by atoms with E-state index in [1.54, 1.807) is 13.2 Å². The van der Waals surface area contributed by atoms with Crippen molar-refractivity contribution in [1.82, 2.24) is 14.7 Å². The van der Waals surface area contributed by atoms with E-state index in [1.807, 2.05) is 42.3 Å².